The largest absolute Gasteiger partial charge is 0.455 e. The van der Waals surface area contributed by atoms with E-state index in [0.29, 0.717) is 0 Å². The van der Waals surface area contributed by atoms with Gasteiger partial charge in [-0.15, -0.1) is 0 Å². The van der Waals surface area contributed by atoms with E-state index in [1.807, 2.05) is 0 Å². The predicted octanol–water partition coefficient (Wildman–Crippen LogP) is 17.8. The van der Waals surface area contributed by atoms with Gasteiger partial charge >= 0.3 is 0 Å². The number of anilines is 3. The van der Waals surface area contributed by atoms with Crippen LogP contribution in [0.4, 0.5) is 17.1 Å². The molecule has 0 spiro atoms. The molecule has 3 heteroatoms. The second kappa shape index (κ2) is 16.0. The summed E-state index contributed by atoms with van der Waals surface area (Å²) in [6, 6.07) is 97.1. The molecule has 70 heavy (non-hydrogen) atoms. The summed E-state index contributed by atoms with van der Waals surface area (Å²) in [5, 5.41) is 4.62. The normalized spacial score (nSPS) is 12.7. The van der Waals surface area contributed by atoms with E-state index >= 15 is 0 Å². The standard InChI is InChI=1S/C67H44N2O/c1-5-19-45(20-6-1)46-33-37-51(38-34-46)68(53-41-42-55-54-27-13-16-30-60(54)67(61(55)43-53,48-21-7-2-8-22-48)49-23-9-3-10-24-49)52-39-35-47(36-40-52)58-44-59-56-28-14-17-31-62(56)69(50-25-11-4-12-26-50)65(59)64-57-29-15-18-32-63(57)70-66(58)64/h1-44H. The fraction of sp³-hybridized carbons (Fsp3) is 0.0149. The van der Waals surface area contributed by atoms with E-state index in [1.165, 1.54) is 55.3 Å². The summed E-state index contributed by atoms with van der Waals surface area (Å²) in [4.78, 5) is 2.41. The van der Waals surface area contributed by atoms with Crippen molar-refractivity contribution in [1.29, 1.82) is 0 Å². The first kappa shape index (κ1) is 39.9. The average molecular weight is 893 g/mol. The van der Waals surface area contributed by atoms with Crippen LogP contribution in [0.2, 0.25) is 0 Å². The van der Waals surface area contributed by atoms with Gasteiger partial charge in [-0.2, -0.15) is 0 Å². The molecule has 0 saturated heterocycles. The lowest BCUT2D eigenvalue weighted by Gasteiger charge is -2.35. The van der Waals surface area contributed by atoms with Crippen LogP contribution in [0.1, 0.15) is 22.3 Å². The van der Waals surface area contributed by atoms with E-state index in [1.54, 1.807) is 0 Å². The van der Waals surface area contributed by atoms with E-state index in [-0.39, 0.29) is 0 Å². The molecule has 0 radical (unpaired) electrons. The van der Waals surface area contributed by atoms with Crippen LogP contribution in [-0.4, -0.2) is 4.57 Å². The molecule has 0 atom stereocenters. The Hall–Kier alpha value is -9.18. The van der Waals surface area contributed by atoms with Gasteiger partial charge in [0.15, 0.2) is 0 Å². The summed E-state index contributed by atoms with van der Waals surface area (Å²) in [6.45, 7) is 0. The van der Waals surface area contributed by atoms with Crippen LogP contribution >= 0.6 is 0 Å². The second-order valence-corrected chi connectivity index (χ2v) is 18.4. The first-order chi connectivity index (χ1) is 34.7. The maximum absolute atomic E-state index is 6.93. The molecular formula is C67H44N2O. The molecule has 0 fully saturated rings. The van der Waals surface area contributed by atoms with Gasteiger partial charge in [-0.1, -0.05) is 200 Å². The maximum atomic E-state index is 6.93. The van der Waals surface area contributed by atoms with Gasteiger partial charge < -0.3 is 13.9 Å². The van der Waals surface area contributed by atoms with Gasteiger partial charge in [0.25, 0.3) is 0 Å². The highest BCUT2D eigenvalue weighted by molar-refractivity contribution is 6.27. The maximum Gasteiger partial charge on any atom is 0.145 e. The molecule has 1 aliphatic carbocycles. The first-order valence-electron chi connectivity index (χ1n) is 24.1. The molecule has 0 bridgehead atoms. The van der Waals surface area contributed by atoms with E-state index in [2.05, 4.69) is 276 Å². The van der Waals surface area contributed by atoms with Crippen molar-refractivity contribution < 1.29 is 4.42 Å². The number of benzene rings is 11. The number of nitrogens with zero attached hydrogens (tertiary/aromatic N) is 2. The Morgan fingerprint density at radius 3 is 1.59 bits per heavy atom. The minimum atomic E-state index is -0.530. The number of aromatic nitrogens is 1. The molecule has 3 nitrogen and oxygen atoms in total. The number of hydrogen-bond donors (Lipinski definition) is 0. The van der Waals surface area contributed by atoms with Crippen molar-refractivity contribution in [2.24, 2.45) is 0 Å². The van der Waals surface area contributed by atoms with Gasteiger partial charge in [-0.25, -0.2) is 0 Å². The lowest BCUT2D eigenvalue weighted by atomic mass is 9.67. The number of fused-ring (bicyclic) bond motifs is 10. The van der Waals surface area contributed by atoms with Crippen molar-refractivity contribution in [3.8, 4) is 39.1 Å². The molecule has 0 unspecified atom stereocenters. The van der Waals surface area contributed by atoms with Crippen LogP contribution in [-0.2, 0) is 5.41 Å². The summed E-state index contributed by atoms with van der Waals surface area (Å²) < 4.78 is 9.34. The second-order valence-electron chi connectivity index (χ2n) is 18.4. The number of para-hydroxylation sites is 3. The van der Waals surface area contributed by atoms with E-state index in [4.69, 9.17) is 4.42 Å². The topological polar surface area (TPSA) is 21.3 Å². The van der Waals surface area contributed by atoms with Crippen molar-refractivity contribution in [3.63, 3.8) is 0 Å². The zero-order valence-electron chi connectivity index (χ0n) is 38.2. The van der Waals surface area contributed by atoms with E-state index < -0.39 is 5.41 Å². The van der Waals surface area contributed by atoms with Crippen LogP contribution in [0.3, 0.4) is 0 Å². The molecule has 2 heterocycles. The molecule has 11 aromatic carbocycles. The van der Waals surface area contributed by atoms with Crippen LogP contribution in [0, 0.1) is 0 Å². The quantitative estimate of drug-likeness (QED) is 0.152. The summed E-state index contributed by atoms with van der Waals surface area (Å²) >= 11 is 0. The van der Waals surface area contributed by atoms with Crippen LogP contribution in [0.15, 0.2) is 271 Å². The molecule has 2 aromatic heterocycles. The van der Waals surface area contributed by atoms with Crippen LogP contribution < -0.4 is 4.90 Å². The highest BCUT2D eigenvalue weighted by Crippen LogP contribution is 2.57. The third-order valence-corrected chi connectivity index (χ3v) is 14.7. The molecule has 0 aliphatic heterocycles. The lowest BCUT2D eigenvalue weighted by molar-refractivity contribution is 0.670. The van der Waals surface area contributed by atoms with Crippen molar-refractivity contribution in [2.75, 3.05) is 4.90 Å². The molecular weight excluding hydrogens is 849 g/mol. The molecule has 0 amide bonds. The third-order valence-electron chi connectivity index (χ3n) is 14.7. The van der Waals surface area contributed by atoms with Gasteiger partial charge in [0.2, 0.25) is 0 Å². The molecule has 1 aliphatic rings. The smallest absolute Gasteiger partial charge is 0.145 e. The Kier molecular flexibility index (Phi) is 9.11. The number of rotatable bonds is 8. The number of hydrogen-bond acceptors (Lipinski definition) is 2. The molecule has 0 N–H and O–H groups in total. The van der Waals surface area contributed by atoms with Gasteiger partial charge in [-0.3, -0.25) is 0 Å². The zero-order chi connectivity index (χ0) is 46.2. The third kappa shape index (κ3) is 6.01. The summed E-state index contributed by atoms with van der Waals surface area (Å²) in [7, 11) is 0. The van der Waals surface area contributed by atoms with Gasteiger partial charge in [-0.05, 0) is 117 Å². The fourth-order valence-corrected chi connectivity index (χ4v) is 11.6. The Balaban J connectivity index is 0.976. The minimum absolute atomic E-state index is 0.530. The Morgan fingerprint density at radius 2 is 0.886 bits per heavy atom. The molecule has 0 saturated carbocycles. The zero-order valence-corrected chi connectivity index (χ0v) is 38.2. The lowest BCUT2D eigenvalue weighted by Crippen LogP contribution is -2.28. The summed E-state index contributed by atoms with van der Waals surface area (Å²) in [6.07, 6.45) is 0. The monoisotopic (exact) mass is 892 g/mol. The Morgan fingerprint density at radius 1 is 0.357 bits per heavy atom. The SMILES string of the molecule is c1ccc(-c2ccc(N(c3ccc(-c4cc5c6ccccc6n(-c6ccccc6)c5c5c4oc4ccccc45)cc3)c3ccc4c(c3)C(c3ccccc3)(c3ccccc3)c3ccccc3-4)cc2)cc1. The van der Waals surface area contributed by atoms with Gasteiger partial charge in [0.1, 0.15) is 11.2 Å². The van der Waals surface area contributed by atoms with E-state index in [9.17, 15) is 0 Å². The first-order valence-corrected chi connectivity index (χ1v) is 24.1. The minimum Gasteiger partial charge on any atom is -0.455 e. The van der Waals surface area contributed by atoms with Crippen molar-refractivity contribution >= 4 is 60.8 Å². The summed E-state index contributed by atoms with van der Waals surface area (Å²) in [5.41, 5.74) is 19.9. The highest BCUT2D eigenvalue weighted by Gasteiger charge is 2.46. The van der Waals surface area contributed by atoms with Gasteiger partial charge in [0.05, 0.1) is 21.8 Å². The van der Waals surface area contributed by atoms with Crippen molar-refractivity contribution in [3.05, 3.63) is 289 Å². The Bertz CT molecular complexity index is 4040. The fourth-order valence-electron chi connectivity index (χ4n) is 11.6. The van der Waals surface area contributed by atoms with Gasteiger partial charge in [0, 0.05) is 44.5 Å². The average Bonchev–Trinajstić information content (AvgIpc) is 4.09. The van der Waals surface area contributed by atoms with Crippen molar-refractivity contribution in [1.82, 2.24) is 4.57 Å². The predicted molar refractivity (Wildman–Crippen MR) is 291 cm³/mol. The molecule has 14 rings (SSSR count). The number of furan rings is 1. The highest BCUT2D eigenvalue weighted by atomic mass is 16.3. The molecule has 328 valence electrons. The van der Waals surface area contributed by atoms with Crippen LogP contribution in [0.5, 0.6) is 0 Å². The van der Waals surface area contributed by atoms with Crippen molar-refractivity contribution in [2.45, 2.75) is 5.41 Å². The molecule has 13 aromatic rings. The van der Waals surface area contributed by atoms with Crippen LogP contribution in [0.25, 0.3) is 82.8 Å². The Labute approximate surface area is 406 Å². The summed E-state index contributed by atoms with van der Waals surface area (Å²) in [5.74, 6) is 0. The van der Waals surface area contributed by atoms with E-state index in [0.717, 1.165) is 66.8 Å².